The molecule has 0 aliphatic heterocycles. The van der Waals surface area contributed by atoms with Gasteiger partial charge in [0.2, 0.25) is 0 Å². The number of rotatable bonds is 7. The molecule has 0 saturated heterocycles. The van der Waals surface area contributed by atoms with E-state index < -0.39 is 0 Å². The van der Waals surface area contributed by atoms with Gasteiger partial charge in [0.15, 0.2) is 0 Å². The van der Waals surface area contributed by atoms with E-state index in [-0.39, 0.29) is 17.0 Å². The molecule has 0 N–H and O–H groups in total. The Kier molecular flexibility index (Phi) is 6.27. The monoisotopic (exact) mass is 376 g/mol. The number of hydrogen-bond acceptors (Lipinski definition) is 3. The van der Waals surface area contributed by atoms with Crippen LogP contribution in [0.1, 0.15) is 21.5 Å². The summed E-state index contributed by atoms with van der Waals surface area (Å²) >= 11 is 0. The fourth-order valence-corrected chi connectivity index (χ4v) is 2.92. The molecule has 144 valence electrons. The molecule has 5 heteroatoms. The quantitative estimate of drug-likeness (QED) is 0.635. The van der Waals surface area contributed by atoms with Crippen molar-refractivity contribution in [1.29, 1.82) is 0 Å². The fourth-order valence-electron chi connectivity index (χ4n) is 2.92. The Morgan fingerprint density at radius 1 is 1.00 bits per heavy atom. The van der Waals surface area contributed by atoms with E-state index in [1.165, 1.54) is 4.90 Å². The lowest BCUT2D eigenvalue weighted by molar-refractivity contribution is 0.0771. The number of hydrogen-bond donors (Lipinski definition) is 0. The van der Waals surface area contributed by atoms with Gasteiger partial charge in [-0.05, 0) is 36.2 Å². The van der Waals surface area contributed by atoms with Crippen molar-refractivity contribution in [3.63, 3.8) is 0 Å². The van der Waals surface area contributed by atoms with Crippen molar-refractivity contribution in [3.8, 4) is 5.75 Å². The van der Waals surface area contributed by atoms with Gasteiger partial charge >= 0.3 is 0 Å². The molecule has 1 heterocycles. The Morgan fingerprint density at radius 2 is 1.71 bits per heavy atom. The molecule has 0 radical (unpaired) electrons. The van der Waals surface area contributed by atoms with E-state index in [0.29, 0.717) is 19.7 Å². The molecule has 0 unspecified atom stereocenters. The predicted molar refractivity (Wildman–Crippen MR) is 110 cm³/mol. The lowest BCUT2D eigenvalue weighted by Crippen LogP contribution is -2.36. The molecule has 0 saturated carbocycles. The van der Waals surface area contributed by atoms with Crippen molar-refractivity contribution >= 4 is 5.91 Å². The van der Waals surface area contributed by atoms with Gasteiger partial charge in [0.05, 0.1) is 13.1 Å². The van der Waals surface area contributed by atoms with Crippen molar-refractivity contribution < 1.29 is 9.53 Å². The van der Waals surface area contributed by atoms with Crippen LogP contribution < -0.4 is 10.3 Å². The van der Waals surface area contributed by atoms with Crippen LogP contribution in [-0.2, 0) is 6.54 Å². The Morgan fingerprint density at radius 3 is 2.46 bits per heavy atom. The standard InChI is InChI=1S/C23H24N2O3/c1-18-9-6-7-13-21(18)28-16-15-24(2)22(26)20-12-8-14-25(23(20)27)17-19-10-4-3-5-11-19/h3-14H,15-17H2,1-2H3. The van der Waals surface area contributed by atoms with Crippen molar-refractivity contribution in [1.82, 2.24) is 9.47 Å². The van der Waals surface area contributed by atoms with Crippen LogP contribution in [0, 0.1) is 6.92 Å². The summed E-state index contributed by atoms with van der Waals surface area (Å²) in [6.45, 7) is 3.16. The molecule has 0 fully saturated rings. The van der Waals surface area contributed by atoms with Gasteiger partial charge in [0.1, 0.15) is 17.9 Å². The summed E-state index contributed by atoms with van der Waals surface area (Å²) in [5.74, 6) is 0.495. The fraction of sp³-hybridized carbons (Fsp3) is 0.217. The summed E-state index contributed by atoms with van der Waals surface area (Å²) in [7, 11) is 1.68. The molecule has 0 aliphatic carbocycles. The first-order chi connectivity index (χ1) is 13.6. The number of likely N-dealkylation sites (N-methyl/N-ethyl adjacent to an activating group) is 1. The molecular formula is C23H24N2O3. The first kappa shape index (κ1) is 19.4. The van der Waals surface area contributed by atoms with Crippen LogP contribution >= 0.6 is 0 Å². The third-order valence-electron chi connectivity index (χ3n) is 4.57. The molecule has 3 rings (SSSR count). The summed E-state index contributed by atoms with van der Waals surface area (Å²) < 4.78 is 7.31. The minimum Gasteiger partial charge on any atom is -0.491 e. The van der Waals surface area contributed by atoms with Crippen molar-refractivity contribution in [3.05, 3.63) is 100.0 Å². The summed E-state index contributed by atoms with van der Waals surface area (Å²) in [4.78, 5) is 27.0. The highest BCUT2D eigenvalue weighted by molar-refractivity contribution is 5.93. The average molecular weight is 376 g/mol. The molecule has 0 bridgehead atoms. The molecule has 1 aromatic heterocycles. The Labute approximate surface area is 164 Å². The minimum absolute atomic E-state index is 0.164. The zero-order valence-electron chi connectivity index (χ0n) is 16.2. The zero-order valence-corrected chi connectivity index (χ0v) is 16.2. The molecule has 2 aromatic carbocycles. The largest absolute Gasteiger partial charge is 0.491 e. The molecule has 3 aromatic rings. The first-order valence-corrected chi connectivity index (χ1v) is 9.23. The molecule has 5 nitrogen and oxygen atoms in total. The highest BCUT2D eigenvalue weighted by atomic mass is 16.5. The molecule has 0 atom stereocenters. The molecule has 0 aliphatic rings. The second kappa shape index (κ2) is 9.04. The van der Waals surface area contributed by atoms with Crippen molar-refractivity contribution in [2.75, 3.05) is 20.2 Å². The van der Waals surface area contributed by atoms with E-state index >= 15 is 0 Å². The molecule has 28 heavy (non-hydrogen) atoms. The van der Waals surface area contributed by atoms with Crippen LogP contribution in [0.2, 0.25) is 0 Å². The Bertz CT molecular complexity index is 996. The molecule has 0 spiro atoms. The Balaban J connectivity index is 1.65. The van der Waals surface area contributed by atoms with E-state index in [9.17, 15) is 9.59 Å². The second-order valence-electron chi connectivity index (χ2n) is 6.68. The van der Waals surface area contributed by atoms with Gasteiger partial charge in [0.25, 0.3) is 11.5 Å². The van der Waals surface area contributed by atoms with Gasteiger partial charge in [-0.2, -0.15) is 0 Å². The second-order valence-corrected chi connectivity index (χ2v) is 6.68. The maximum atomic E-state index is 12.7. The van der Waals surface area contributed by atoms with Gasteiger partial charge < -0.3 is 14.2 Å². The van der Waals surface area contributed by atoms with Crippen LogP contribution in [-0.4, -0.2) is 35.6 Å². The summed E-state index contributed by atoms with van der Waals surface area (Å²) in [6, 6.07) is 20.7. The van der Waals surface area contributed by atoms with E-state index in [2.05, 4.69) is 0 Å². The number of amides is 1. The normalized spacial score (nSPS) is 10.5. The smallest absolute Gasteiger partial charge is 0.263 e. The highest BCUT2D eigenvalue weighted by Gasteiger charge is 2.16. The number of benzene rings is 2. The first-order valence-electron chi connectivity index (χ1n) is 9.23. The number of carbonyl (C=O) groups is 1. The SMILES string of the molecule is Cc1ccccc1OCCN(C)C(=O)c1cccn(Cc2ccccc2)c1=O. The number of pyridine rings is 1. The van der Waals surface area contributed by atoms with Crippen LogP contribution in [0.3, 0.4) is 0 Å². The summed E-state index contributed by atoms with van der Waals surface area (Å²) in [5.41, 5.74) is 1.93. The van der Waals surface area contributed by atoms with Gasteiger partial charge in [-0.25, -0.2) is 0 Å². The van der Waals surface area contributed by atoms with Crippen LogP contribution in [0.4, 0.5) is 0 Å². The molecule has 1 amide bonds. The predicted octanol–water partition coefficient (Wildman–Crippen LogP) is 3.36. The number of carbonyl (C=O) groups excluding carboxylic acids is 1. The van der Waals surface area contributed by atoms with E-state index in [1.807, 2.05) is 61.5 Å². The van der Waals surface area contributed by atoms with Crippen LogP contribution in [0.25, 0.3) is 0 Å². The third kappa shape index (κ3) is 4.68. The van der Waals surface area contributed by atoms with Gasteiger partial charge in [0, 0.05) is 13.2 Å². The van der Waals surface area contributed by atoms with E-state index in [1.54, 1.807) is 29.9 Å². The highest BCUT2D eigenvalue weighted by Crippen LogP contribution is 2.15. The number of ether oxygens (including phenoxy) is 1. The van der Waals surface area contributed by atoms with Crippen molar-refractivity contribution in [2.24, 2.45) is 0 Å². The minimum atomic E-state index is -0.305. The summed E-state index contributed by atoms with van der Waals surface area (Å²) in [6.07, 6.45) is 1.70. The lowest BCUT2D eigenvalue weighted by atomic mass is 10.2. The maximum absolute atomic E-state index is 12.7. The van der Waals surface area contributed by atoms with E-state index in [4.69, 9.17) is 4.74 Å². The number of nitrogens with zero attached hydrogens (tertiary/aromatic N) is 2. The van der Waals surface area contributed by atoms with Crippen LogP contribution in [0.15, 0.2) is 77.7 Å². The van der Waals surface area contributed by atoms with Crippen LogP contribution in [0.5, 0.6) is 5.75 Å². The van der Waals surface area contributed by atoms with Gasteiger partial charge in [-0.3, -0.25) is 9.59 Å². The summed E-state index contributed by atoms with van der Waals surface area (Å²) in [5, 5.41) is 0. The maximum Gasteiger partial charge on any atom is 0.263 e. The molecular weight excluding hydrogens is 352 g/mol. The lowest BCUT2D eigenvalue weighted by Gasteiger charge is -2.18. The number of aryl methyl sites for hydroxylation is 1. The Hall–Kier alpha value is -3.34. The number of para-hydroxylation sites is 1. The van der Waals surface area contributed by atoms with E-state index in [0.717, 1.165) is 16.9 Å². The topological polar surface area (TPSA) is 51.5 Å². The third-order valence-corrected chi connectivity index (χ3v) is 4.57. The van der Waals surface area contributed by atoms with Crippen molar-refractivity contribution in [2.45, 2.75) is 13.5 Å². The van der Waals surface area contributed by atoms with Gasteiger partial charge in [-0.1, -0.05) is 48.5 Å². The van der Waals surface area contributed by atoms with Gasteiger partial charge in [-0.15, -0.1) is 0 Å². The number of aromatic nitrogens is 1. The zero-order chi connectivity index (χ0) is 19.9. The average Bonchev–Trinajstić information content (AvgIpc) is 2.71.